The number of quaternary nitrogens is 1. The number of esters is 1. The van der Waals surface area contributed by atoms with Gasteiger partial charge in [0.2, 0.25) is 0 Å². The average Bonchev–Trinajstić information content (AvgIpc) is 2.67. The van der Waals surface area contributed by atoms with Gasteiger partial charge >= 0.3 is 5.97 Å². The van der Waals surface area contributed by atoms with Gasteiger partial charge in [0.1, 0.15) is 19.7 Å². The van der Waals surface area contributed by atoms with Gasteiger partial charge in [0, 0.05) is 12.8 Å². The Labute approximate surface area is 171 Å². The van der Waals surface area contributed by atoms with Crippen molar-refractivity contribution in [2.45, 2.75) is 73.1 Å². The van der Waals surface area contributed by atoms with E-state index in [1.807, 2.05) is 6.07 Å². The summed E-state index contributed by atoms with van der Waals surface area (Å²) in [6.07, 6.45) is 5.31. The van der Waals surface area contributed by atoms with Gasteiger partial charge in [0.05, 0.1) is 13.1 Å². The van der Waals surface area contributed by atoms with Gasteiger partial charge in [-0.15, -0.1) is 0 Å². The van der Waals surface area contributed by atoms with Gasteiger partial charge in [-0.2, -0.15) is 0 Å². The van der Waals surface area contributed by atoms with Crippen molar-refractivity contribution in [1.29, 1.82) is 0 Å². The van der Waals surface area contributed by atoms with Crippen LogP contribution >= 0.6 is 0 Å². The summed E-state index contributed by atoms with van der Waals surface area (Å²) in [5.74, 6) is 0.148. The smallest absolute Gasteiger partial charge is 0.305 e. The summed E-state index contributed by atoms with van der Waals surface area (Å²) in [4.78, 5) is 24.7. The summed E-state index contributed by atoms with van der Waals surface area (Å²) in [6, 6.07) is 6.17. The Hall–Kier alpha value is -1.68. The molecule has 0 saturated carbocycles. The number of rotatable bonds is 14. The molecule has 0 aliphatic heterocycles. The van der Waals surface area contributed by atoms with Crippen molar-refractivity contribution in [2.75, 3.05) is 32.8 Å². The fraction of sp³-hybridized carbons (Fsp3) is 0.667. The van der Waals surface area contributed by atoms with Crippen LogP contribution in [0.25, 0.3) is 0 Å². The Morgan fingerprint density at radius 3 is 2.18 bits per heavy atom. The highest BCUT2D eigenvalue weighted by Crippen LogP contribution is 2.16. The molecule has 28 heavy (non-hydrogen) atoms. The monoisotopic (exact) mass is 390 g/mol. The Morgan fingerprint density at radius 1 is 0.964 bits per heavy atom. The van der Waals surface area contributed by atoms with Crippen LogP contribution in [0, 0.1) is 13.8 Å². The summed E-state index contributed by atoms with van der Waals surface area (Å²) in [6.45, 7) is 13.8. The quantitative estimate of drug-likeness (QED) is 0.261. The minimum Gasteiger partial charge on any atom is -0.460 e. The number of benzene rings is 1. The lowest BCUT2D eigenvalue weighted by atomic mass is 9.97. The number of hydrogen-bond donors (Lipinski definition) is 0. The highest BCUT2D eigenvalue weighted by molar-refractivity contribution is 5.82. The minimum atomic E-state index is -0.108. The second-order valence-electron chi connectivity index (χ2n) is 7.97. The van der Waals surface area contributed by atoms with Gasteiger partial charge in [-0.3, -0.25) is 9.59 Å². The van der Waals surface area contributed by atoms with Gasteiger partial charge in [-0.05, 0) is 50.8 Å². The van der Waals surface area contributed by atoms with Gasteiger partial charge in [-0.25, -0.2) is 0 Å². The molecule has 1 rings (SSSR count). The summed E-state index contributed by atoms with van der Waals surface area (Å²) in [5, 5.41) is 0. The third kappa shape index (κ3) is 8.14. The third-order valence-electron chi connectivity index (χ3n) is 5.93. The van der Waals surface area contributed by atoms with E-state index in [1.54, 1.807) is 0 Å². The molecule has 1 aromatic carbocycles. The predicted octanol–water partition coefficient (Wildman–Crippen LogP) is 4.79. The maximum atomic E-state index is 12.8. The number of aryl methyl sites for hydroxylation is 2. The van der Waals surface area contributed by atoms with Crippen molar-refractivity contribution < 1.29 is 18.8 Å². The first-order valence-corrected chi connectivity index (χ1v) is 10.9. The van der Waals surface area contributed by atoms with Crippen molar-refractivity contribution in [3.8, 4) is 0 Å². The number of unbranched alkanes of at least 4 members (excludes halogenated alkanes) is 3. The number of ether oxygens (including phenoxy) is 1. The Balaban J connectivity index is 2.55. The number of ketones is 1. The van der Waals surface area contributed by atoms with Crippen molar-refractivity contribution in [3.63, 3.8) is 0 Å². The zero-order chi connectivity index (χ0) is 21.0. The Morgan fingerprint density at radius 2 is 1.61 bits per heavy atom. The van der Waals surface area contributed by atoms with E-state index >= 15 is 0 Å². The zero-order valence-electron chi connectivity index (χ0n) is 18.7. The molecule has 0 atom stereocenters. The van der Waals surface area contributed by atoms with Crippen LogP contribution in [0.5, 0.6) is 0 Å². The van der Waals surface area contributed by atoms with Crippen molar-refractivity contribution in [3.05, 3.63) is 34.9 Å². The van der Waals surface area contributed by atoms with Gasteiger partial charge in [0.25, 0.3) is 0 Å². The summed E-state index contributed by atoms with van der Waals surface area (Å²) < 4.78 is 6.13. The Kier molecular flexibility index (Phi) is 11.1. The molecule has 0 aliphatic carbocycles. The maximum absolute atomic E-state index is 12.8. The molecular weight excluding hydrogens is 350 g/mol. The van der Waals surface area contributed by atoms with E-state index in [2.05, 4.69) is 46.8 Å². The second kappa shape index (κ2) is 12.7. The molecule has 4 nitrogen and oxygen atoms in total. The molecule has 0 N–H and O–H groups in total. The Bertz CT molecular complexity index is 600. The molecular formula is C24H40NO3+. The standard InChI is InChI=1S/C24H40NO3/c1-6-9-10-11-15-24(27)28-17-16-25(7-2,8-3)19-22(26)18-23-20(4)13-12-14-21(23)5/h12-14H,6-11,15-19H2,1-5H3/q+1. The average molecular weight is 391 g/mol. The van der Waals surface area contributed by atoms with Crippen LogP contribution in [0.15, 0.2) is 18.2 Å². The first kappa shape index (κ1) is 24.4. The molecule has 4 heteroatoms. The van der Waals surface area contributed by atoms with E-state index in [-0.39, 0.29) is 11.8 Å². The number of nitrogens with zero attached hydrogens (tertiary/aromatic N) is 1. The van der Waals surface area contributed by atoms with Crippen LogP contribution in [0.1, 0.15) is 69.6 Å². The first-order chi connectivity index (χ1) is 13.4. The summed E-state index contributed by atoms with van der Waals surface area (Å²) in [7, 11) is 0. The highest BCUT2D eigenvalue weighted by atomic mass is 16.5. The summed E-state index contributed by atoms with van der Waals surface area (Å²) >= 11 is 0. The second-order valence-corrected chi connectivity index (χ2v) is 7.97. The molecule has 0 aliphatic rings. The van der Waals surface area contributed by atoms with E-state index in [1.165, 1.54) is 17.5 Å². The van der Waals surface area contributed by atoms with Crippen molar-refractivity contribution in [1.82, 2.24) is 0 Å². The largest absolute Gasteiger partial charge is 0.460 e. The number of Topliss-reactive ketones (excluding diaryl/α,β-unsaturated/α-hetero) is 1. The van der Waals surface area contributed by atoms with Crippen molar-refractivity contribution >= 4 is 11.8 Å². The first-order valence-electron chi connectivity index (χ1n) is 10.9. The van der Waals surface area contributed by atoms with Crippen LogP contribution in [0.4, 0.5) is 0 Å². The van der Waals surface area contributed by atoms with E-state index in [4.69, 9.17) is 4.74 Å². The van der Waals surface area contributed by atoms with Gasteiger partial charge < -0.3 is 9.22 Å². The SMILES string of the molecule is CCCCCCC(=O)OCC[N+](CC)(CC)CC(=O)Cc1c(C)cccc1C. The van der Waals surface area contributed by atoms with Crippen LogP contribution in [-0.4, -0.2) is 49.0 Å². The number of hydrogen-bond acceptors (Lipinski definition) is 3. The van der Waals surface area contributed by atoms with Crippen LogP contribution in [0.2, 0.25) is 0 Å². The van der Waals surface area contributed by atoms with Gasteiger partial charge in [-0.1, -0.05) is 44.4 Å². The lowest BCUT2D eigenvalue weighted by Gasteiger charge is -2.36. The summed E-state index contributed by atoms with van der Waals surface area (Å²) in [5.41, 5.74) is 3.50. The topological polar surface area (TPSA) is 43.4 Å². The molecule has 0 aromatic heterocycles. The zero-order valence-corrected chi connectivity index (χ0v) is 18.7. The van der Waals surface area contributed by atoms with Crippen LogP contribution in [0.3, 0.4) is 0 Å². The number of likely N-dealkylation sites (N-methyl/N-ethyl adjacent to an activating group) is 1. The lowest BCUT2D eigenvalue weighted by molar-refractivity contribution is -0.917. The number of carbonyl (C=O) groups excluding carboxylic acids is 2. The molecule has 0 heterocycles. The fourth-order valence-electron chi connectivity index (χ4n) is 3.72. The molecule has 0 saturated heterocycles. The highest BCUT2D eigenvalue weighted by Gasteiger charge is 2.27. The molecule has 0 spiro atoms. The predicted molar refractivity (Wildman–Crippen MR) is 115 cm³/mol. The molecule has 158 valence electrons. The normalized spacial score (nSPS) is 11.5. The minimum absolute atomic E-state index is 0.108. The molecule has 0 fully saturated rings. The molecule has 0 amide bonds. The maximum Gasteiger partial charge on any atom is 0.305 e. The van der Waals surface area contributed by atoms with Crippen LogP contribution < -0.4 is 0 Å². The molecule has 0 radical (unpaired) electrons. The van der Waals surface area contributed by atoms with Crippen molar-refractivity contribution in [2.24, 2.45) is 0 Å². The lowest BCUT2D eigenvalue weighted by Crippen LogP contribution is -2.53. The number of carbonyl (C=O) groups is 2. The van der Waals surface area contributed by atoms with E-state index in [0.29, 0.717) is 37.0 Å². The van der Waals surface area contributed by atoms with E-state index in [0.717, 1.165) is 37.9 Å². The van der Waals surface area contributed by atoms with E-state index in [9.17, 15) is 9.59 Å². The van der Waals surface area contributed by atoms with Gasteiger partial charge in [0.15, 0.2) is 5.78 Å². The van der Waals surface area contributed by atoms with Crippen LogP contribution in [-0.2, 0) is 20.7 Å². The molecule has 0 bridgehead atoms. The fourth-order valence-corrected chi connectivity index (χ4v) is 3.72. The third-order valence-corrected chi connectivity index (χ3v) is 5.93. The molecule has 0 unspecified atom stereocenters. The van der Waals surface area contributed by atoms with E-state index < -0.39 is 0 Å². The molecule has 1 aromatic rings.